The molecule has 1 aliphatic heterocycles. The SMILES string of the molecule is NCCc1ccc(Oc2ccc(F)c(C(=O)N3C[C@H]4CCC[C@H]4C3)c2)cc1. The van der Waals surface area contributed by atoms with Gasteiger partial charge in [-0.15, -0.1) is 0 Å². The topological polar surface area (TPSA) is 55.6 Å². The molecular weight excluding hydrogens is 343 g/mol. The molecule has 2 aromatic rings. The standard InChI is InChI=1S/C22H25FN2O2/c23-21-9-8-19(27-18-6-4-15(5-7-18)10-11-24)12-20(21)22(26)25-13-16-2-1-3-17(16)14-25/h4-9,12,16-17H,1-3,10-11,13-14,24H2/t16-,17+. The Hall–Kier alpha value is -2.40. The number of amides is 1. The lowest BCUT2D eigenvalue weighted by atomic mass is 10.0. The molecule has 27 heavy (non-hydrogen) atoms. The molecule has 1 heterocycles. The monoisotopic (exact) mass is 368 g/mol. The fourth-order valence-corrected chi connectivity index (χ4v) is 4.33. The van der Waals surface area contributed by atoms with Crippen molar-refractivity contribution < 1.29 is 13.9 Å². The first-order chi connectivity index (χ1) is 13.1. The average Bonchev–Trinajstić information content (AvgIpc) is 3.27. The van der Waals surface area contributed by atoms with E-state index in [2.05, 4.69) is 0 Å². The molecule has 0 spiro atoms. The van der Waals surface area contributed by atoms with E-state index in [1.54, 1.807) is 11.0 Å². The summed E-state index contributed by atoms with van der Waals surface area (Å²) in [5, 5.41) is 0. The summed E-state index contributed by atoms with van der Waals surface area (Å²) in [5.41, 5.74) is 6.79. The van der Waals surface area contributed by atoms with Crippen LogP contribution in [0.3, 0.4) is 0 Å². The zero-order chi connectivity index (χ0) is 18.8. The molecule has 5 heteroatoms. The highest BCUT2D eigenvalue weighted by Gasteiger charge is 2.38. The number of fused-ring (bicyclic) bond motifs is 1. The summed E-state index contributed by atoms with van der Waals surface area (Å²) in [6, 6.07) is 12.0. The third kappa shape index (κ3) is 3.83. The van der Waals surface area contributed by atoms with Crippen LogP contribution in [0.15, 0.2) is 42.5 Å². The summed E-state index contributed by atoms with van der Waals surface area (Å²) in [7, 11) is 0. The van der Waals surface area contributed by atoms with Gasteiger partial charge in [-0.3, -0.25) is 4.79 Å². The number of nitrogens with zero attached hydrogens (tertiary/aromatic N) is 1. The summed E-state index contributed by atoms with van der Waals surface area (Å²) in [5.74, 6) is 1.56. The van der Waals surface area contributed by atoms with Crippen LogP contribution in [-0.2, 0) is 6.42 Å². The minimum atomic E-state index is -0.497. The van der Waals surface area contributed by atoms with Crippen molar-refractivity contribution in [1.29, 1.82) is 0 Å². The molecule has 2 atom stereocenters. The molecule has 1 saturated carbocycles. The van der Waals surface area contributed by atoms with Gasteiger partial charge >= 0.3 is 0 Å². The van der Waals surface area contributed by atoms with Crippen LogP contribution in [0.1, 0.15) is 35.2 Å². The van der Waals surface area contributed by atoms with E-state index >= 15 is 0 Å². The molecule has 2 aromatic carbocycles. The quantitative estimate of drug-likeness (QED) is 0.868. The number of hydrogen-bond donors (Lipinski definition) is 1. The largest absolute Gasteiger partial charge is 0.457 e. The van der Waals surface area contributed by atoms with Crippen LogP contribution in [0.25, 0.3) is 0 Å². The molecule has 1 aliphatic carbocycles. The first-order valence-electron chi connectivity index (χ1n) is 9.69. The van der Waals surface area contributed by atoms with E-state index < -0.39 is 5.82 Å². The van der Waals surface area contributed by atoms with Crippen molar-refractivity contribution in [2.75, 3.05) is 19.6 Å². The second-order valence-corrected chi connectivity index (χ2v) is 7.59. The summed E-state index contributed by atoms with van der Waals surface area (Å²) in [4.78, 5) is 14.6. The predicted molar refractivity (Wildman–Crippen MR) is 102 cm³/mol. The fraction of sp³-hybridized carbons (Fsp3) is 0.409. The highest BCUT2D eigenvalue weighted by atomic mass is 19.1. The van der Waals surface area contributed by atoms with E-state index in [4.69, 9.17) is 10.5 Å². The van der Waals surface area contributed by atoms with E-state index in [0.717, 1.165) is 25.1 Å². The van der Waals surface area contributed by atoms with Crippen molar-refractivity contribution in [3.63, 3.8) is 0 Å². The van der Waals surface area contributed by atoms with Gasteiger partial charge in [0.05, 0.1) is 5.56 Å². The third-order valence-electron chi connectivity index (χ3n) is 5.77. The van der Waals surface area contributed by atoms with Crippen LogP contribution in [0.5, 0.6) is 11.5 Å². The second-order valence-electron chi connectivity index (χ2n) is 7.59. The molecule has 142 valence electrons. The van der Waals surface area contributed by atoms with Gasteiger partial charge in [0.1, 0.15) is 17.3 Å². The molecule has 1 amide bonds. The summed E-state index contributed by atoms with van der Waals surface area (Å²) < 4.78 is 20.2. The van der Waals surface area contributed by atoms with E-state index in [0.29, 0.717) is 29.9 Å². The van der Waals surface area contributed by atoms with Crippen LogP contribution < -0.4 is 10.5 Å². The van der Waals surface area contributed by atoms with Crippen molar-refractivity contribution in [2.24, 2.45) is 17.6 Å². The normalized spacial score (nSPS) is 21.3. The number of likely N-dealkylation sites (tertiary alicyclic amines) is 1. The molecule has 2 N–H and O–H groups in total. The lowest BCUT2D eigenvalue weighted by molar-refractivity contribution is 0.0775. The van der Waals surface area contributed by atoms with Gasteiger partial charge < -0.3 is 15.4 Å². The first-order valence-corrected chi connectivity index (χ1v) is 9.69. The van der Waals surface area contributed by atoms with Crippen LogP contribution in [-0.4, -0.2) is 30.4 Å². The van der Waals surface area contributed by atoms with Gasteiger partial charge in [0.15, 0.2) is 0 Å². The molecule has 2 aliphatic rings. The average molecular weight is 368 g/mol. The molecule has 4 rings (SSSR count). The van der Waals surface area contributed by atoms with Gasteiger partial charge in [-0.1, -0.05) is 18.6 Å². The molecule has 0 unspecified atom stereocenters. The summed E-state index contributed by atoms with van der Waals surface area (Å²) in [6.45, 7) is 2.09. The zero-order valence-corrected chi connectivity index (χ0v) is 15.4. The van der Waals surface area contributed by atoms with Gasteiger partial charge in [0.25, 0.3) is 5.91 Å². The number of carbonyl (C=O) groups excluding carboxylic acids is 1. The number of carbonyl (C=O) groups is 1. The number of benzene rings is 2. The number of ether oxygens (including phenoxy) is 1. The minimum Gasteiger partial charge on any atom is -0.457 e. The van der Waals surface area contributed by atoms with Crippen LogP contribution in [0.2, 0.25) is 0 Å². The Morgan fingerprint density at radius 1 is 1.07 bits per heavy atom. The third-order valence-corrected chi connectivity index (χ3v) is 5.77. The Morgan fingerprint density at radius 2 is 1.74 bits per heavy atom. The molecule has 1 saturated heterocycles. The maximum Gasteiger partial charge on any atom is 0.256 e. The molecule has 0 radical (unpaired) electrons. The summed E-state index contributed by atoms with van der Waals surface area (Å²) in [6.07, 6.45) is 4.42. The van der Waals surface area contributed by atoms with Crippen LogP contribution in [0, 0.1) is 17.7 Å². The van der Waals surface area contributed by atoms with Crippen molar-refractivity contribution >= 4 is 5.91 Å². The lowest BCUT2D eigenvalue weighted by Gasteiger charge is -2.18. The molecular formula is C22H25FN2O2. The molecule has 0 aromatic heterocycles. The Bertz CT molecular complexity index is 810. The maximum absolute atomic E-state index is 14.3. The van der Waals surface area contributed by atoms with Gasteiger partial charge in [-0.05, 0) is 73.5 Å². The molecule has 0 bridgehead atoms. The number of rotatable bonds is 5. The predicted octanol–water partition coefficient (Wildman–Crippen LogP) is 3.99. The van der Waals surface area contributed by atoms with Crippen molar-refractivity contribution in [3.05, 3.63) is 59.4 Å². The van der Waals surface area contributed by atoms with Crippen LogP contribution in [0.4, 0.5) is 4.39 Å². The minimum absolute atomic E-state index is 0.0900. The van der Waals surface area contributed by atoms with Gasteiger partial charge in [0, 0.05) is 13.1 Å². The zero-order valence-electron chi connectivity index (χ0n) is 15.4. The number of hydrogen-bond acceptors (Lipinski definition) is 3. The molecule has 2 fully saturated rings. The van der Waals surface area contributed by atoms with Crippen molar-refractivity contribution in [1.82, 2.24) is 4.90 Å². The Kier molecular flexibility index (Phi) is 5.12. The van der Waals surface area contributed by atoms with E-state index in [-0.39, 0.29) is 11.5 Å². The Balaban J connectivity index is 1.48. The summed E-state index contributed by atoms with van der Waals surface area (Å²) >= 11 is 0. The van der Waals surface area contributed by atoms with E-state index in [9.17, 15) is 9.18 Å². The second kappa shape index (κ2) is 7.69. The maximum atomic E-state index is 14.3. The number of nitrogens with two attached hydrogens (primary N) is 1. The molecule has 4 nitrogen and oxygen atoms in total. The number of halogens is 1. The highest BCUT2D eigenvalue weighted by Crippen LogP contribution is 2.38. The van der Waals surface area contributed by atoms with Crippen molar-refractivity contribution in [3.8, 4) is 11.5 Å². The fourth-order valence-electron chi connectivity index (χ4n) is 4.33. The van der Waals surface area contributed by atoms with Gasteiger partial charge in [-0.2, -0.15) is 0 Å². The Labute approximate surface area is 159 Å². The first kappa shape index (κ1) is 18.0. The van der Waals surface area contributed by atoms with E-state index in [1.807, 2.05) is 24.3 Å². The smallest absolute Gasteiger partial charge is 0.256 e. The highest BCUT2D eigenvalue weighted by molar-refractivity contribution is 5.95. The van der Waals surface area contributed by atoms with Gasteiger partial charge in [-0.25, -0.2) is 4.39 Å². The van der Waals surface area contributed by atoms with Crippen molar-refractivity contribution in [2.45, 2.75) is 25.7 Å². The lowest BCUT2D eigenvalue weighted by Crippen LogP contribution is -2.30. The van der Waals surface area contributed by atoms with Gasteiger partial charge in [0.2, 0.25) is 0 Å². The van der Waals surface area contributed by atoms with E-state index in [1.165, 1.54) is 31.4 Å². The van der Waals surface area contributed by atoms with Crippen LogP contribution >= 0.6 is 0 Å². The Morgan fingerprint density at radius 3 is 2.41 bits per heavy atom.